The summed E-state index contributed by atoms with van der Waals surface area (Å²) in [5.41, 5.74) is 1.47. The van der Waals surface area contributed by atoms with Gasteiger partial charge in [-0.05, 0) is 36.2 Å². The lowest BCUT2D eigenvalue weighted by molar-refractivity contribution is -0.141. The van der Waals surface area contributed by atoms with E-state index in [1.165, 1.54) is 26.4 Å². The van der Waals surface area contributed by atoms with E-state index in [4.69, 9.17) is 13.9 Å². The number of phenols is 1. The largest absolute Gasteiger partial charge is 0.508 e. The third kappa shape index (κ3) is 4.63. The number of aromatic hydroxyl groups is 1. The van der Waals surface area contributed by atoms with Crippen LogP contribution in [0.4, 0.5) is 0 Å². The topological polar surface area (TPSA) is 151 Å². The Morgan fingerprint density at radius 1 is 1.17 bits per heavy atom. The van der Waals surface area contributed by atoms with Crippen LogP contribution < -0.4 is 20.4 Å². The van der Waals surface area contributed by atoms with Crippen LogP contribution in [-0.4, -0.2) is 47.3 Å². The number of benzene rings is 2. The summed E-state index contributed by atoms with van der Waals surface area (Å²) in [6, 6.07) is 6.65. The number of aliphatic carboxylic acids is 1. The van der Waals surface area contributed by atoms with Crippen molar-refractivity contribution in [2.24, 2.45) is 0 Å². The van der Waals surface area contributed by atoms with E-state index in [-0.39, 0.29) is 29.7 Å². The summed E-state index contributed by atoms with van der Waals surface area (Å²) in [4.78, 5) is 40.4. The highest BCUT2D eigenvalue weighted by Gasteiger charge is 2.24. The van der Waals surface area contributed by atoms with Crippen molar-refractivity contribution in [1.29, 1.82) is 0 Å². The molecule has 10 nitrogen and oxygen atoms in total. The highest BCUT2D eigenvalue weighted by molar-refractivity contribution is 5.91. The van der Waals surface area contributed by atoms with Crippen LogP contribution in [0.15, 0.2) is 45.7 Å². The zero-order valence-corrected chi connectivity index (χ0v) is 19.3. The van der Waals surface area contributed by atoms with Gasteiger partial charge in [-0.15, -0.1) is 0 Å². The van der Waals surface area contributed by atoms with Gasteiger partial charge >= 0.3 is 11.6 Å². The van der Waals surface area contributed by atoms with E-state index < -0.39 is 23.5 Å². The highest BCUT2D eigenvalue weighted by Crippen LogP contribution is 2.33. The number of carbonyl (C=O) groups excluding carboxylic acids is 1. The average Bonchev–Trinajstić information content (AvgIpc) is 3.21. The van der Waals surface area contributed by atoms with Gasteiger partial charge in [0.25, 0.3) is 0 Å². The fourth-order valence-corrected chi connectivity index (χ4v) is 4.13. The molecule has 2 aromatic heterocycles. The van der Waals surface area contributed by atoms with E-state index in [1.807, 2.05) is 0 Å². The number of aromatic amines is 1. The number of phenolic OH excluding ortho intramolecular Hbond substituents is 1. The Balaban J connectivity index is 1.60. The molecule has 0 bridgehead atoms. The number of methoxy groups -OCH3 is 2. The molecule has 182 valence electrons. The first kappa shape index (κ1) is 23.7. The smallest absolute Gasteiger partial charge is 0.340 e. The highest BCUT2D eigenvalue weighted by atomic mass is 16.5. The summed E-state index contributed by atoms with van der Waals surface area (Å²) in [6.45, 7) is 1.67. The number of nitrogens with one attached hydrogen (secondary N) is 2. The molecule has 2 aromatic carbocycles. The van der Waals surface area contributed by atoms with Gasteiger partial charge in [0.2, 0.25) is 5.91 Å². The maximum Gasteiger partial charge on any atom is 0.340 e. The van der Waals surface area contributed by atoms with Crippen LogP contribution in [-0.2, 0) is 22.4 Å². The molecule has 35 heavy (non-hydrogen) atoms. The Morgan fingerprint density at radius 2 is 1.94 bits per heavy atom. The Hall–Kier alpha value is -4.47. The molecule has 10 heteroatoms. The summed E-state index contributed by atoms with van der Waals surface area (Å²) in [5, 5.41) is 23.1. The Labute approximate surface area is 199 Å². The Morgan fingerprint density at radius 3 is 2.63 bits per heavy atom. The molecule has 0 radical (unpaired) electrons. The standard InChI is InChI=1S/C25H24N2O8/c1-12-16(25(32)35-21-9-15(33-2)8-20(34-3)23(12)21)10-22(29)27-19(24(30)31)6-13-11-26-18-5-4-14(28)7-17(13)18/h4-5,7-9,11,19,26,28H,6,10H2,1-3H3,(H,27,29)(H,30,31)/t19-/m1/s1. The third-order valence-corrected chi connectivity index (χ3v) is 5.92. The predicted molar refractivity (Wildman–Crippen MR) is 127 cm³/mol. The maximum atomic E-state index is 12.8. The van der Waals surface area contributed by atoms with Gasteiger partial charge < -0.3 is 34.4 Å². The number of rotatable bonds is 8. The molecular weight excluding hydrogens is 456 g/mol. The quantitative estimate of drug-likeness (QED) is 0.281. The predicted octanol–water partition coefficient (Wildman–Crippen LogP) is 2.66. The summed E-state index contributed by atoms with van der Waals surface area (Å²) in [6.07, 6.45) is 1.23. The van der Waals surface area contributed by atoms with Crippen molar-refractivity contribution in [3.63, 3.8) is 0 Å². The molecule has 1 amide bonds. The summed E-state index contributed by atoms with van der Waals surface area (Å²) in [5.74, 6) is -0.988. The molecule has 0 fully saturated rings. The van der Waals surface area contributed by atoms with Crippen molar-refractivity contribution in [2.45, 2.75) is 25.8 Å². The SMILES string of the molecule is COc1cc(OC)c2c(C)c(CC(=O)N[C@H](Cc3c[nH]c4ccc(O)cc34)C(=O)O)c(=O)oc2c1. The number of fused-ring (bicyclic) bond motifs is 2. The van der Waals surface area contributed by atoms with Crippen LogP contribution in [0.2, 0.25) is 0 Å². The van der Waals surface area contributed by atoms with Crippen LogP contribution >= 0.6 is 0 Å². The Bertz CT molecular complexity index is 1500. The van der Waals surface area contributed by atoms with E-state index in [0.717, 1.165) is 5.52 Å². The fraction of sp³-hybridized carbons (Fsp3) is 0.240. The summed E-state index contributed by atoms with van der Waals surface area (Å²) < 4.78 is 16.0. The number of carboxylic acids is 1. The van der Waals surface area contributed by atoms with Crippen LogP contribution in [0.25, 0.3) is 21.9 Å². The molecule has 0 saturated heterocycles. The number of hydrogen-bond donors (Lipinski definition) is 4. The number of aryl methyl sites for hydroxylation is 1. The van der Waals surface area contributed by atoms with Crippen molar-refractivity contribution >= 4 is 33.7 Å². The summed E-state index contributed by atoms with van der Waals surface area (Å²) >= 11 is 0. The second-order valence-electron chi connectivity index (χ2n) is 8.08. The molecule has 4 aromatic rings. The first-order chi connectivity index (χ1) is 16.7. The van der Waals surface area contributed by atoms with E-state index in [9.17, 15) is 24.6 Å². The molecule has 4 rings (SSSR count). The van der Waals surface area contributed by atoms with Crippen molar-refractivity contribution in [2.75, 3.05) is 14.2 Å². The number of aromatic nitrogens is 1. The van der Waals surface area contributed by atoms with E-state index >= 15 is 0 Å². The molecule has 0 aliphatic carbocycles. The molecule has 0 aliphatic rings. The molecule has 0 unspecified atom stereocenters. The van der Waals surface area contributed by atoms with Gasteiger partial charge in [-0.2, -0.15) is 0 Å². The van der Waals surface area contributed by atoms with E-state index in [2.05, 4.69) is 10.3 Å². The van der Waals surface area contributed by atoms with Crippen molar-refractivity contribution in [1.82, 2.24) is 10.3 Å². The molecule has 0 saturated carbocycles. The second-order valence-corrected chi connectivity index (χ2v) is 8.08. The van der Waals surface area contributed by atoms with E-state index in [0.29, 0.717) is 33.4 Å². The number of ether oxygens (including phenoxy) is 2. The zero-order valence-electron chi connectivity index (χ0n) is 19.3. The number of H-pyrrole nitrogens is 1. The minimum atomic E-state index is -1.25. The van der Waals surface area contributed by atoms with Crippen molar-refractivity contribution in [3.05, 3.63) is 63.6 Å². The third-order valence-electron chi connectivity index (χ3n) is 5.92. The maximum absolute atomic E-state index is 12.8. The van der Waals surface area contributed by atoms with E-state index in [1.54, 1.807) is 31.3 Å². The van der Waals surface area contributed by atoms with Crippen LogP contribution in [0.5, 0.6) is 17.2 Å². The Kier molecular flexibility index (Phi) is 6.37. The number of carbonyl (C=O) groups is 2. The lowest BCUT2D eigenvalue weighted by atomic mass is 10.0. The van der Waals surface area contributed by atoms with Gasteiger partial charge in [0.05, 0.1) is 31.6 Å². The first-order valence-electron chi connectivity index (χ1n) is 10.7. The van der Waals surface area contributed by atoms with Gasteiger partial charge in [0.1, 0.15) is 28.9 Å². The van der Waals surface area contributed by atoms with Crippen molar-refractivity contribution < 1.29 is 33.7 Å². The minimum Gasteiger partial charge on any atom is -0.508 e. The normalized spacial score (nSPS) is 12.0. The van der Waals surface area contributed by atoms with Crippen molar-refractivity contribution in [3.8, 4) is 17.2 Å². The number of amides is 1. The van der Waals surface area contributed by atoms with Gasteiger partial charge in [-0.1, -0.05) is 0 Å². The summed E-state index contributed by atoms with van der Waals surface area (Å²) in [7, 11) is 2.94. The van der Waals surface area contributed by atoms with Crippen LogP contribution in [0, 0.1) is 6.92 Å². The van der Waals surface area contributed by atoms with Crippen LogP contribution in [0.1, 0.15) is 16.7 Å². The lowest BCUT2D eigenvalue weighted by Crippen LogP contribution is -2.43. The molecule has 2 heterocycles. The van der Waals surface area contributed by atoms with Gasteiger partial charge in [0.15, 0.2) is 0 Å². The van der Waals surface area contributed by atoms with Gasteiger partial charge in [0, 0.05) is 35.7 Å². The minimum absolute atomic E-state index is 0.0244. The average molecular weight is 480 g/mol. The van der Waals surface area contributed by atoms with Gasteiger partial charge in [-0.25, -0.2) is 9.59 Å². The lowest BCUT2D eigenvalue weighted by Gasteiger charge is -2.16. The molecule has 0 spiro atoms. The molecular formula is C25H24N2O8. The monoisotopic (exact) mass is 480 g/mol. The second kappa shape index (κ2) is 9.41. The molecule has 1 atom stereocenters. The molecule has 0 aliphatic heterocycles. The fourth-order valence-electron chi connectivity index (χ4n) is 4.13. The van der Waals surface area contributed by atoms with Crippen LogP contribution in [0.3, 0.4) is 0 Å². The zero-order chi connectivity index (χ0) is 25.3. The first-order valence-corrected chi connectivity index (χ1v) is 10.7. The number of hydrogen-bond acceptors (Lipinski definition) is 7. The molecule has 4 N–H and O–H groups in total. The number of carboxylic acid groups (broad SMARTS) is 1. The van der Waals surface area contributed by atoms with Gasteiger partial charge in [-0.3, -0.25) is 4.79 Å².